The van der Waals surface area contributed by atoms with Crippen LogP contribution in [0.15, 0.2) is 29.2 Å². The second-order valence-corrected chi connectivity index (χ2v) is 7.34. The van der Waals surface area contributed by atoms with E-state index in [0.29, 0.717) is 31.9 Å². The molecule has 1 aromatic rings. The van der Waals surface area contributed by atoms with E-state index >= 15 is 0 Å². The SMILES string of the molecule is N#CCCN(CCN1CCOCC1)S(=O)(=O)c1ccc(C#N)cc1. The van der Waals surface area contributed by atoms with Gasteiger partial charge in [0.15, 0.2) is 0 Å². The molecule has 0 saturated carbocycles. The van der Waals surface area contributed by atoms with Crippen molar-refractivity contribution in [3.05, 3.63) is 29.8 Å². The third-order valence-corrected chi connectivity index (χ3v) is 5.78. The van der Waals surface area contributed by atoms with Gasteiger partial charge in [-0.2, -0.15) is 14.8 Å². The molecule has 128 valence electrons. The predicted molar refractivity (Wildman–Crippen MR) is 87.4 cm³/mol. The van der Waals surface area contributed by atoms with Crippen molar-refractivity contribution in [2.45, 2.75) is 11.3 Å². The first-order valence-corrected chi connectivity index (χ1v) is 9.19. The normalized spacial score (nSPS) is 15.8. The average molecular weight is 348 g/mol. The first-order chi connectivity index (χ1) is 11.6. The van der Waals surface area contributed by atoms with Gasteiger partial charge in [0.1, 0.15) is 0 Å². The zero-order valence-electron chi connectivity index (χ0n) is 13.4. The van der Waals surface area contributed by atoms with Gasteiger partial charge in [-0.3, -0.25) is 4.90 Å². The molecule has 2 rings (SSSR count). The summed E-state index contributed by atoms with van der Waals surface area (Å²) in [5, 5.41) is 17.6. The number of rotatable bonds is 7. The van der Waals surface area contributed by atoms with E-state index in [2.05, 4.69) is 4.90 Å². The van der Waals surface area contributed by atoms with Crippen molar-refractivity contribution in [1.82, 2.24) is 9.21 Å². The number of ether oxygens (including phenoxy) is 1. The highest BCUT2D eigenvalue weighted by atomic mass is 32.2. The molecule has 0 spiro atoms. The van der Waals surface area contributed by atoms with Crippen molar-refractivity contribution >= 4 is 10.0 Å². The van der Waals surface area contributed by atoms with E-state index in [9.17, 15) is 8.42 Å². The number of sulfonamides is 1. The highest BCUT2D eigenvalue weighted by Gasteiger charge is 2.25. The molecule has 1 aromatic carbocycles. The van der Waals surface area contributed by atoms with Crippen molar-refractivity contribution in [1.29, 1.82) is 10.5 Å². The molecular weight excluding hydrogens is 328 g/mol. The van der Waals surface area contributed by atoms with Crippen molar-refractivity contribution in [2.75, 3.05) is 45.9 Å². The summed E-state index contributed by atoms with van der Waals surface area (Å²) in [5.74, 6) is 0. The van der Waals surface area contributed by atoms with Crippen LogP contribution in [0, 0.1) is 22.7 Å². The molecule has 1 heterocycles. The molecule has 0 radical (unpaired) electrons. The van der Waals surface area contributed by atoms with E-state index in [1.54, 1.807) is 0 Å². The average Bonchev–Trinajstić information content (AvgIpc) is 2.62. The lowest BCUT2D eigenvalue weighted by Gasteiger charge is -2.29. The number of nitrogens with zero attached hydrogens (tertiary/aromatic N) is 4. The smallest absolute Gasteiger partial charge is 0.243 e. The Balaban J connectivity index is 2.11. The van der Waals surface area contributed by atoms with Crippen molar-refractivity contribution in [3.8, 4) is 12.1 Å². The van der Waals surface area contributed by atoms with Crippen LogP contribution in [0.2, 0.25) is 0 Å². The summed E-state index contributed by atoms with van der Waals surface area (Å²) < 4.78 is 32.2. The zero-order valence-corrected chi connectivity index (χ0v) is 14.2. The molecule has 24 heavy (non-hydrogen) atoms. The minimum Gasteiger partial charge on any atom is -0.379 e. The Hall–Kier alpha value is -1.97. The lowest BCUT2D eigenvalue weighted by molar-refractivity contribution is 0.0363. The summed E-state index contributed by atoms with van der Waals surface area (Å²) in [7, 11) is -3.68. The Morgan fingerprint density at radius 1 is 1.12 bits per heavy atom. The number of hydrogen-bond acceptors (Lipinski definition) is 6. The summed E-state index contributed by atoms with van der Waals surface area (Å²) in [5.41, 5.74) is 0.408. The zero-order chi connectivity index (χ0) is 17.4. The van der Waals surface area contributed by atoms with Crippen LogP contribution in [0.25, 0.3) is 0 Å². The van der Waals surface area contributed by atoms with Crippen molar-refractivity contribution in [3.63, 3.8) is 0 Å². The van der Waals surface area contributed by atoms with E-state index in [4.69, 9.17) is 15.3 Å². The molecule has 1 fully saturated rings. The predicted octanol–water partition coefficient (Wildman–Crippen LogP) is 0.795. The van der Waals surface area contributed by atoms with E-state index in [1.165, 1.54) is 28.6 Å². The second kappa shape index (κ2) is 8.76. The van der Waals surface area contributed by atoms with Crippen molar-refractivity contribution < 1.29 is 13.2 Å². The molecule has 0 N–H and O–H groups in total. The quantitative estimate of drug-likeness (QED) is 0.723. The third kappa shape index (κ3) is 4.76. The molecule has 8 heteroatoms. The summed E-state index contributed by atoms with van der Waals surface area (Å²) in [6.07, 6.45) is 0.138. The molecule has 0 atom stereocenters. The van der Waals surface area contributed by atoms with Gasteiger partial charge in [0.05, 0.1) is 35.8 Å². The maximum atomic E-state index is 12.8. The van der Waals surface area contributed by atoms with Crippen LogP contribution in [0.5, 0.6) is 0 Å². The van der Waals surface area contributed by atoms with E-state index in [1.807, 2.05) is 12.1 Å². The molecule has 1 aliphatic rings. The Morgan fingerprint density at radius 2 is 1.79 bits per heavy atom. The first kappa shape index (κ1) is 18.4. The number of benzene rings is 1. The topological polar surface area (TPSA) is 97.4 Å². The van der Waals surface area contributed by atoms with Gasteiger partial charge in [-0.1, -0.05) is 0 Å². The van der Waals surface area contributed by atoms with Crippen LogP contribution in [-0.2, 0) is 14.8 Å². The lowest BCUT2D eigenvalue weighted by Crippen LogP contribution is -2.43. The molecular formula is C16H20N4O3S. The Morgan fingerprint density at radius 3 is 2.38 bits per heavy atom. The van der Waals surface area contributed by atoms with Gasteiger partial charge in [-0.25, -0.2) is 8.42 Å². The fourth-order valence-corrected chi connectivity index (χ4v) is 3.89. The third-order valence-electron chi connectivity index (χ3n) is 3.86. The number of hydrogen-bond donors (Lipinski definition) is 0. The van der Waals surface area contributed by atoms with E-state index in [0.717, 1.165) is 13.1 Å². The summed E-state index contributed by atoms with van der Waals surface area (Å²) in [6, 6.07) is 9.79. The maximum Gasteiger partial charge on any atom is 0.243 e. The largest absolute Gasteiger partial charge is 0.379 e. The minimum absolute atomic E-state index is 0.138. The summed E-state index contributed by atoms with van der Waals surface area (Å²) >= 11 is 0. The molecule has 7 nitrogen and oxygen atoms in total. The number of nitriles is 2. The Kier molecular flexibility index (Phi) is 6.71. The fourth-order valence-electron chi connectivity index (χ4n) is 2.46. The minimum atomic E-state index is -3.68. The highest BCUT2D eigenvalue weighted by molar-refractivity contribution is 7.89. The summed E-state index contributed by atoms with van der Waals surface area (Å²) in [4.78, 5) is 2.29. The van der Waals surface area contributed by atoms with Gasteiger partial charge in [0.2, 0.25) is 10.0 Å². The highest BCUT2D eigenvalue weighted by Crippen LogP contribution is 2.17. The second-order valence-electron chi connectivity index (χ2n) is 5.40. The lowest BCUT2D eigenvalue weighted by atomic mass is 10.2. The molecule has 1 saturated heterocycles. The first-order valence-electron chi connectivity index (χ1n) is 7.75. The van der Waals surface area contributed by atoms with Gasteiger partial charge in [0, 0.05) is 39.1 Å². The van der Waals surface area contributed by atoms with Crippen molar-refractivity contribution in [2.24, 2.45) is 0 Å². The molecule has 0 unspecified atom stereocenters. The van der Waals surface area contributed by atoms with E-state index < -0.39 is 10.0 Å². The van der Waals surface area contributed by atoms with Crippen LogP contribution in [-0.4, -0.2) is 63.6 Å². The van der Waals surface area contributed by atoms with Crippen LogP contribution in [0.1, 0.15) is 12.0 Å². The van der Waals surface area contributed by atoms with Crippen LogP contribution in [0.4, 0.5) is 0 Å². The maximum absolute atomic E-state index is 12.8. The fraction of sp³-hybridized carbons (Fsp3) is 0.500. The molecule has 0 bridgehead atoms. The monoisotopic (exact) mass is 348 g/mol. The number of morpholine rings is 1. The van der Waals surface area contributed by atoms with Gasteiger partial charge >= 0.3 is 0 Å². The molecule has 0 aromatic heterocycles. The summed E-state index contributed by atoms with van der Waals surface area (Å²) in [6.45, 7) is 3.95. The van der Waals surface area contributed by atoms with Crippen LogP contribution < -0.4 is 0 Å². The van der Waals surface area contributed by atoms with Crippen LogP contribution >= 0.6 is 0 Å². The Bertz CT molecular complexity index is 713. The standard InChI is InChI=1S/C16H20N4O3S/c17-6-1-7-20(9-8-19-10-12-23-13-11-19)24(21,22)16-4-2-15(14-18)3-5-16/h2-5H,1,7-13H2. The van der Waals surface area contributed by atoms with Gasteiger partial charge in [-0.15, -0.1) is 0 Å². The van der Waals surface area contributed by atoms with E-state index in [-0.39, 0.29) is 17.9 Å². The molecule has 0 amide bonds. The Labute approximate surface area is 142 Å². The van der Waals surface area contributed by atoms with Crippen LogP contribution in [0.3, 0.4) is 0 Å². The van der Waals surface area contributed by atoms with Gasteiger partial charge in [-0.05, 0) is 24.3 Å². The molecule has 1 aliphatic heterocycles. The van der Waals surface area contributed by atoms with Gasteiger partial charge < -0.3 is 4.74 Å². The molecule has 0 aliphatic carbocycles. The van der Waals surface area contributed by atoms with Gasteiger partial charge in [0.25, 0.3) is 0 Å².